The zero-order chi connectivity index (χ0) is 10.7. The molecule has 2 heteroatoms. The monoisotopic (exact) mass is 198 g/mol. The first kappa shape index (κ1) is 12.0. The van der Waals surface area contributed by atoms with Crippen LogP contribution in [0.5, 0.6) is 0 Å². The van der Waals surface area contributed by atoms with Crippen molar-refractivity contribution in [1.29, 1.82) is 0 Å². The second-order valence-electron chi connectivity index (χ2n) is 5.20. The first-order valence-corrected chi connectivity index (χ1v) is 5.93. The van der Waals surface area contributed by atoms with E-state index in [-0.39, 0.29) is 0 Å². The second-order valence-corrected chi connectivity index (χ2v) is 5.20. The van der Waals surface area contributed by atoms with E-state index in [1.807, 2.05) is 0 Å². The lowest BCUT2D eigenvalue weighted by atomic mass is 9.90. The summed E-state index contributed by atoms with van der Waals surface area (Å²) in [5.74, 6) is 0.862. The molecule has 0 saturated carbocycles. The Hall–Kier alpha value is -0.0800. The highest BCUT2D eigenvalue weighted by Crippen LogP contribution is 2.23. The molecule has 1 rings (SSSR count). The lowest BCUT2D eigenvalue weighted by molar-refractivity contribution is 0.0930. The molecule has 1 aliphatic rings. The molecule has 84 valence electrons. The molecule has 1 heterocycles. The molecule has 2 atom stereocenters. The summed E-state index contributed by atoms with van der Waals surface area (Å²) >= 11 is 0. The largest absolute Gasteiger partial charge is 0.306 e. The Kier molecular flexibility index (Phi) is 4.39. The van der Waals surface area contributed by atoms with Crippen molar-refractivity contribution < 1.29 is 0 Å². The molecule has 0 radical (unpaired) electrons. The lowest BCUT2D eigenvalue weighted by Gasteiger charge is -2.39. The number of hydrogen-bond acceptors (Lipinski definition) is 2. The van der Waals surface area contributed by atoms with Crippen molar-refractivity contribution in [3.8, 4) is 0 Å². The van der Waals surface area contributed by atoms with E-state index in [2.05, 4.69) is 44.7 Å². The smallest absolute Gasteiger partial charge is 0.0101 e. The van der Waals surface area contributed by atoms with Crippen LogP contribution in [0.3, 0.4) is 0 Å². The number of piperidine rings is 1. The van der Waals surface area contributed by atoms with Gasteiger partial charge < -0.3 is 9.80 Å². The normalized spacial score (nSPS) is 27.2. The Labute approximate surface area is 89.3 Å². The summed E-state index contributed by atoms with van der Waals surface area (Å²) in [5.41, 5.74) is 0. The molecule has 0 N–H and O–H groups in total. The molecule has 0 aliphatic carbocycles. The van der Waals surface area contributed by atoms with E-state index in [4.69, 9.17) is 0 Å². The summed E-state index contributed by atoms with van der Waals surface area (Å²) in [6, 6.07) is 1.43. The minimum atomic E-state index is 0.715. The Morgan fingerprint density at radius 3 is 2.36 bits per heavy atom. The molecule has 0 aromatic rings. The first-order chi connectivity index (χ1) is 6.52. The summed E-state index contributed by atoms with van der Waals surface area (Å²) in [4.78, 5) is 4.97. The van der Waals surface area contributed by atoms with Crippen molar-refractivity contribution in [1.82, 2.24) is 9.80 Å². The van der Waals surface area contributed by atoms with E-state index in [1.54, 1.807) is 0 Å². The van der Waals surface area contributed by atoms with Crippen molar-refractivity contribution in [3.05, 3.63) is 0 Å². The minimum absolute atomic E-state index is 0.715. The Balaban J connectivity index is 2.47. The maximum absolute atomic E-state index is 2.62. The molecule has 1 saturated heterocycles. The zero-order valence-corrected chi connectivity index (χ0v) is 10.5. The van der Waals surface area contributed by atoms with Gasteiger partial charge in [0.2, 0.25) is 0 Å². The van der Waals surface area contributed by atoms with Gasteiger partial charge in [0.15, 0.2) is 0 Å². The maximum Gasteiger partial charge on any atom is 0.0101 e. The number of nitrogens with zero attached hydrogens (tertiary/aromatic N) is 2. The third kappa shape index (κ3) is 2.96. The van der Waals surface area contributed by atoms with Gasteiger partial charge in [0, 0.05) is 18.6 Å². The fourth-order valence-electron chi connectivity index (χ4n) is 2.32. The van der Waals surface area contributed by atoms with Crippen LogP contribution in [0.4, 0.5) is 0 Å². The van der Waals surface area contributed by atoms with Gasteiger partial charge in [-0.2, -0.15) is 0 Å². The van der Waals surface area contributed by atoms with E-state index in [1.165, 1.54) is 25.9 Å². The summed E-state index contributed by atoms with van der Waals surface area (Å²) in [6.45, 7) is 9.56. The van der Waals surface area contributed by atoms with Gasteiger partial charge in [-0.15, -0.1) is 0 Å². The van der Waals surface area contributed by atoms with E-state index >= 15 is 0 Å². The molecule has 14 heavy (non-hydrogen) atoms. The van der Waals surface area contributed by atoms with Crippen LogP contribution in [0.1, 0.15) is 33.6 Å². The lowest BCUT2D eigenvalue weighted by Crippen LogP contribution is -2.46. The van der Waals surface area contributed by atoms with Gasteiger partial charge in [-0.3, -0.25) is 0 Å². The van der Waals surface area contributed by atoms with E-state index in [9.17, 15) is 0 Å². The van der Waals surface area contributed by atoms with Gasteiger partial charge in [0.25, 0.3) is 0 Å². The van der Waals surface area contributed by atoms with Crippen LogP contribution in [0.15, 0.2) is 0 Å². The topological polar surface area (TPSA) is 6.48 Å². The third-order valence-corrected chi connectivity index (χ3v) is 3.72. The van der Waals surface area contributed by atoms with Crippen LogP contribution < -0.4 is 0 Å². The van der Waals surface area contributed by atoms with Crippen LogP contribution in [-0.2, 0) is 0 Å². The number of rotatable bonds is 3. The van der Waals surface area contributed by atoms with Crippen LogP contribution in [-0.4, -0.2) is 49.1 Å². The average molecular weight is 198 g/mol. The fraction of sp³-hybridized carbons (Fsp3) is 1.00. The average Bonchev–Trinajstić information content (AvgIpc) is 2.16. The standard InChI is InChI=1S/C12H26N2/c1-10(2)14-8-6-7-12(9-14)11(3)13(4)5/h10-12H,6-9H2,1-5H3/t11?,12-/m0/s1. The SMILES string of the molecule is CC([C@H]1CCCN(C(C)C)C1)N(C)C. The molecule has 0 amide bonds. The second kappa shape index (κ2) is 5.13. The highest BCUT2D eigenvalue weighted by molar-refractivity contribution is 4.81. The van der Waals surface area contributed by atoms with Crippen molar-refractivity contribution >= 4 is 0 Å². The predicted molar refractivity (Wildman–Crippen MR) is 62.6 cm³/mol. The summed E-state index contributed by atoms with van der Waals surface area (Å²) in [5, 5.41) is 0. The van der Waals surface area contributed by atoms with Crippen molar-refractivity contribution in [2.45, 2.75) is 45.7 Å². The van der Waals surface area contributed by atoms with E-state index in [0.29, 0.717) is 6.04 Å². The quantitative estimate of drug-likeness (QED) is 0.685. The third-order valence-electron chi connectivity index (χ3n) is 3.72. The van der Waals surface area contributed by atoms with Crippen LogP contribution in [0.2, 0.25) is 0 Å². The highest BCUT2D eigenvalue weighted by atomic mass is 15.2. The summed E-state index contributed by atoms with van der Waals surface area (Å²) < 4.78 is 0. The van der Waals surface area contributed by atoms with Crippen molar-refractivity contribution in [2.24, 2.45) is 5.92 Å². The number of hydrogen-bond donors (Lipinski definition) is 0. The predicted octanol–water partition coefficient (Wildman–Crippen LogP) is 2.06. The molecule has 1 aliphatic heterocycles. The summed E-state index contributed by atoms with van der Waals surface area (Å²) in [6.07, 6.45) is 2.78. The van der Waals surface area contributed by atoms with Gasteiger partial charge in [-0.25, -0.2) is 0 Å². The Morgan fingerprint density at radius 1 is 1.21 bits per heavy atom. The molecule has 0 aromatic heterocycles. The fourth-order valence-corrected chi connectivity index (χ4v) is 2.32. The number of likely N-dealkylation sites (tertiary alicyclic amines) is 1. The minimum Gasteiger partial charge on any atom is -0.306 e. The molecule has 2 nitrogen and oxygen atoms in total. The van der Waals surface area contributed by atoms with Gasteiger partial charge >= 0.3 is 0 Å². The van der Waals surface area contributed by atoms with Crippen LogP contribution in [0, 0.1) is 5.92 Å². The van der Waals surface area contributed by atoms with Crippen molar-refractivity contribution in [2.75, 3.05) is 27.2 Å². The van der Waals surface area contributed by atoms with Crippen LogP contribution >= 0.6 is 0 Å². The Bertz CT molecular complexity index is 160. The Morgan fingerprint density at radius 2 is 1.86 bits per heavy atom. The molecule has 1 unspecified atom stereocenters. The van der Waals surface area contributed by atoms with Gasteiger partial charge in [-0.1, -0.05) is 0 Å². The molecular formula is C12H26N2. The molecule has 0 spiro atoms. The first-order valence-electron chi connectivity index (χ1n) is 5.93. The molecule has 0 bridgehead atoms. The molecular weight excluding hydrogens is 172 g/mol. The van der Waals surface area contributed by atoms with Crippen molar-refractivity contribution in [3.63, 3.8) is 0 Å². The molecule has 1 fully saturated rings. The van der Waals surface area contributed by atoms with Crippen LogP contribution in [0.25, 0.3) is 0 Å². The zero-order valence-electron chi connectivity index (χ0n) is 10.5. The highest BCUT2D eigenvalue weighted by Gasteiger charge is 2.26. The maximum atomic E-state index is 2.62. The molecule has 0 aromatic carbocycles. The van der Waals surface area contributed by atoms with Gasteiger partial charge in [0.05, 0.1) is 0 Å². The summed E-state index contributed by atoms with van der Waals surface area (Å²) in [7, 11) is 4.39. The van der Waals surface area contributed by atoms with Gasteiger partial charge in [-0.05, 0) is 60.2 Å². The van der Waals surface area contributed by atoms with E-state index < -0.39 is 0 Å². The van der Waals surface area contributed by atoms with E-state index in [0.717, 1.165) is 12.0 Å². The van der Waals surface area contributed by atoms with Gasteiger partial charge in [0.1, 0.15) is 0 Å².